The van der Waals surface area contributed by atoms with Gasteiger partial charge in [0.05, 0.1) is 18.8 Å². The molecule has 0 radical (unpaired) electrons. The van der Waals surface area contributed by atoms with Crippen LogP contribution >= 0.6 is 0 Å². The number of aliphatic hydroxyl groups excluding tert-OH is 1. The first-order valence-electron chi connectivity index (χ1n) is 13.3. The Morgan fingerprint density at radius 1 is 0.943 bits per heavy atom. The summed E-state index contributed by atoms with van der Waals surface area (Å²) >= 11 is 0. The Kier molecular flexibility index (Phi) is 7.71. The minimum atomic E-state index is -0.204. The highest BCUT2D eigenvalue weighted by molar-refractivity contribution is 5.84. The molecule has 1 aliphatic heterocycles. The van der Waals surface area contributed by atoms with Gasteiger partial charge in [-0.3, -0.25) is 0 Å². The van der Waals surface area contributed by atoms with Crippen LogP contribution < -0.4 is 0 Å². The number of H-pyrrole nitrogens is 1. The van der Waals surface area contributed by atoms with Gasteiger partial charge in [0.25, 0.3) is 0 Å². The molecule has 1 aliphatic carbocycles. The molecule has 2 N–H and O–H groups in total. The minimum Gasteiger partial charge on any atom is -0.393 e. The van der Waals surface area contributed by atoms with Gasteiger partial charge in [-0.25, -0.2) is 0 Å². The van der Waals surface area contributed by atoms with E-state index in [-0.39, 0.29) is 12.2 Å². The predicted molar refractivity (Wildman–Crippen MR) is 139 cm³/mol. The van der Waals surface area contributed by atoms with E-state index in [9.17, 15) is 10.4 Å². The van der Waals surface area contributed by atoms with Gasteiger partial charge in [-0.2, -0.15) is 5.26 Å². The summed E-state index contributed by atoms with van der Waals surface area (Å²) < 4.78 is 6.57. The maximum atomic E-state index is 10.3. The van der Waals surface area contributed by atoms with Crippen molar-refractivity contribution in [3.05, 3.63) is 71.4 Å². The topological polar surface area (TPSA) is 72.3 Å². The lowest BCUT2D eigenvalue weighted by molar-refractivity contribution is 0.0273. The number of fused-ring (bicyclic) bond motifs is 4. The molecule has 1 fully saturated rings. The highest BCUT2D eigenvalue weighted by atomic mass is 16.5. The second-order valence-corrected chi connectivity index (χ2v) is 10.5. The van der Waals surface area contributed by atoms with Gasteiger partial charge in [0.1, 0.15) is 0 Å². The molecule has 1 saturated carbocycles. The third-order valence-electron chi connectivity index (χ3n) is 8.16. The second kappa shape index (κ2) is 11.3. The van der Waals surface area contributed by atoms with Gasteiger partial charge in [0.2, 0.25) is 0 Å². The van der Waals surface area contributed by atoms with Crippen LogP contribution in [0.4, 0.5) is 0 Å². The fourth-order valence-electron chi connectivity index (χ4n) is 6.14. The lowest BCUT2D eigenvalue weighted by atomic mass is 9.82. The quantitative estimate of drug-likeness (QED) is 0.489. The average Bonchev–Trinajstić information content (AvgIpc) is 3.13. The minimum absolute atomic E-state index is 0.127. The average molecular weight is 472 g/mol. The number of aromatic amines is 1. The molecule has 2 aromatic carbocycles. The predicted octanol–water partition coefficient (Wildman–Crippen LogP) is 5.58. The number of rotatable bonds is 3. The first kappa shape index (κ1) is 23.9. The zero-order chi connectivity index (χ0) is 24.0. The number of nitrogens with one attached hydrogen (secondary N) is 1. The Hall–Kier alpha value is -2.81. The van der Waals surface area contributed by atoms with Crippen molar-refractivity contribution >= 4 is 10.9 Å². The molecule has 0 saturated heterocycles. The number of hydrogen-bond donors (Lipinski definition) is 2. The number of aliphatic hydroxyl groups is 1. The molecule has 184 valence electrons. The number of hydrogen-bond acceptors (Lipinski definition) is 4. The van der Waals surface area contributed by atoms with Crippen molar-refractivity contribution in [3.63, 3.8) is 0 Å². The number of para-hydroxylation sites is 1. The molecule has 5 heteroatoms. The maximum Gasteiger partial charge on any atom is 0.179 e. The standard InChI is InChI=1S/C30H37N3O2/c31-21-33-17-16-28-27-8-4-5-9-29(27)32-30(28)18-26(35-20-22-6-2-1-3-7-22)15-12-23-10-13-25(34)14-11-24(23)19-33/h1-9,23-26,32,34H,10-20H2/t23-,24-,25+,26+/m0/s1. The lowest BCUT2D eigenvalue weighted by Crippen LogP contribution is -2.32. The molecule has 2 aliphatic rings. The zero-order valence-corrected chi connectivity index (χ0v) is 20.5. The lowest BCUT2D eigenvalue weighted by Gasteiger charge is -2.31. The van der Waals surface area contributed by atoms with Crippen molar-refractivity contribution in [1.82, 2.24) is 9.88 Å². The normalized spacial score (nSPS) is 26.0. The van der Waals surface area contributed by atoms with E-state index < -0.39 is 0 Å². The van der Waals surface area contributed by atoms with Gasteiger partial charge in [0, 0.05) is 36.1 Å². The van der Waals surface area contributed by atoms with Gasteiger partial charge in [-0.05, 0) is 74.0 Å². The van der Waals surface area contributed by atoms with Crippen LogP contribution in [0.5, 0.6) is 0 Å². The number of nitriles is 1. The summed E-state index contributed by atoms with van der Waals surface area (Å²) in [5.74, 6) is 0.968. The molecule has 3 aromatic rings. The molecule has 4 atom stereocenters. The Balaban J connectivity index is 1.44. The van der Waals surface area contributed by atoms with Gasteiger partial charge < -0.3 is 19.7 Å². The molecular weight excluding hydrogens is 434 g/mol. The van der Waals surface area contributed by atoms with Crippen LogP contribution in [-0.4, -0.2) is 40.3 Å². The number of aromatic nitrogens is 1. The van der Waals surface area contributed by atoms with Crippen molar-refractivity contribution in [2.45, 2.75) is 70.2 Å². The molecule has 0 bridgehead atoms. The SMILES string of the molecule is N#CN1CCc2c([nH]c3ccccc23)C[C@H](OCc2ccccc2)CC[C@@H]2CC[C@@H](O)CC[C@H]2C1. The molecule has 0 spiro atoms. The largest absolute Gasteiger partial charge is 0.393 e. The summed E-state index contributed by atoms with van der Waals surface area (Å²) in [4.78, 5) is 5.65. The molecule has 0 amide bonds. The Morgan fingerprint density at radius 3 is 2.51 bits per heavy atom. The first-order valence-corrected chi connectivity index (χ1v) is 13.3. The Bertz CT molecular complexity index is 1140. The second-order valence-electron chi connectivity index (χ2n) is 10.5. The summed E-state index contributed by atoms with van der Waals surface area (Å²) in [6.07, 6.45) is 9.91. The first-order chi connectivity index (χ1) is 17.2. The Labute approximate surface area is 208 Å². The molecular formula is C30H37N3O2. The van der Waals surface area contributed by atoms with E-state index in [1.165, 1.54) is 22.2 Å². The monoisotopic (exact) mass is 471 g/mol. The van der Waals surface area contributed by atoms with E-state index in [1.54, 1.807) is 0 Å². The van der Waals surface area contributed by atoms with Crippen LogP contribution in [0, 0.1) is 23.3 Å². The van der Waals surface area contributed by atoms with E-state index in [1.807, 2.05) is 11.0 Å². The molecule has 5 rings (SSSR count). The zero-order valence-electron chi connectivity index (χ0n) is 20.5. The van der Waals surface area contributed by atoms with E-state index in [2.05, 4.69) is 59.7 Å². The van der Waals surface area contributed by atoms with Crippen molar-refractivity contribution in [2.24, 2.45) is 11.8 Å². The third-order valence-corrected chi connectivity index (χ3v) is 8.16. The van der Waals surface area contributed by atoms with E-state index in [0.717, 1.165) is 70.0 Å². The van der Waals surface area contributed by atoms with Gasteiger partial charge in [-0.1, -0.05) is 48.5 Å². The number of ether oxygens (including phenoxy) is 1. The van der Waals surface area contributed by atoms with E-state index in [0.29, 0.717) is 18.4 Å². The van der Waals surface area contributed by atoms with E-state index in [4.69, 9.17) is 4.74 Å². The molecule has 2 heterocycles. The fraction of sp³-hybridized carbons (Fsp3) is 0.500. The summed E-state index contributed by atoms with van der Waals surface area (Å²) in [5.41, 5.74) is 4.94. The van der Waals surface area contributed by atoms with Crippen LogP contribution in [0.3, 0.4) is 0 Å². The third kappa shape index (κ3) is 5.89. The summed E-state index contributed by atoms with van der Waals surface area (Å²) in [5, 5.41) is 21.5. The van der Waals surface area contributed by atoms with Crippen LogP contribution in [0.1, 0.15) is 55.3 Å². The Morgan fingerprint density at radius 2 is 1.69 bits per heavy atom. The van der Waals surface area contributed by atoms with Crippen molar-refractivity contribution < 1.29 is 9.84 Å². The highest BCUT2D eigenvalue weighted by Gasteiger charge is 2.30. The van der Waals surface area contributed by atoms with Crippen molar-refractivity contribution in [3.8, 4) is 6.19 Å². The van der Waals surface area contributed by atoms with Gasteiger partial charge >= 0.3 is 0 Å². The van der Waals surface area contributed by atoms with Gasteiger partial charge in [0.15, 0.2) is 6.19 Å². The van der Waals surface area contributed by atoms with Crippen molar-refractivity contribution in [2.75, 3.05) is 13.1 Å². The van der Waals surface area contributed by atoms with Crippen LogP contribution in [-0.2, 0) is 24.2 Å². The summed E-state index contributed by atoms with van der Waals surface area (Å²) in [7, 11) is 0. The fourth-order valence-corrected chi connectivity index (χ4v) is 6.14. The number of nitrogens with zero attached hydrogens (tertiary/aromatic N) is 2. The highest BCUT2D eigenvalue weighted by Crippen LogP contribution is 2.35. The maximum absolute atomic E-state index is 10.3. The number of benzene rings is 2. The smallest absolute Gasteiger partial charge is 0.179 e. The molecule has 1 aromatic heterocycles. The van der Waals surface area contributed by atoms with Crippen LogP contribution in [0.2, 0.25) is 0 Å². The van der Waals surface area contributed by atoms with E-state index >= 15 is 0 Å². The van der Waals surface area contributed by atoms with Gasteiger partial charge in [-0.15, -0.1) is 0 Å². The summed E-state index contributed by atoms with van der Waals surface area (Å²) in [6.45, 7) is 2.14. The molecule has 5 nitrogen and oxygen atoms in total. The summed E-state index contributed by atoms with van der Waals surface area (Å²) in [6, 6.07) is 18.9. The van der Waals surface area contributed by atoms with Crippen LogP contribution in [0.15, 0.2) is 54.6 Å². The van der Waals surface area contributed by atoms with Crippen LogP contribution in [0.25, 0.3) is 10.9 Å². The molecule has 0 unspecified atom stereocenters. The molecule has 35 heavy (non-hydrogen) atoms. The van der Waals surface area contributed by atoms with Crippen molar-refractivity contribution in [1.29, 1.82) is 5.26 Å².